The van der Waals surface area contributed by atoms with Crippen LogP contribution in [0, 0.1) is 6.92 Å². The van der Waals surface area contributed by atoms with Gasteiger partial charge in [-0.15, -0.1) is 0 Å². The standard InChI is InChI=1S/C14H24N2O2/c1-11-7-8-12(18-11)14(2,3)10-16-13(17)6-5-9-15-4/h7-8,15H,5-6,9-10H2,1-4H3,(H,16,17). The lowest BCUT2D eigenvalue weighted by molar-refractivity contribution is -0.121. The molecule has 1 aromatic rings. The maximum absolute atomic E-state index is 11.6. The van der Waals surface area contributed by atoms with Gasteiger partial charge in [0.2, 0.25) is 5.91 Å². The first-order valence-corrected chi connectivity index (χ1v) is 6.44. The lowest BCUT2D eigenvalue weighted by atomic mass is 9.90. The van der Waals surface area contributed by atoms with Crippen molar-refractivity contribution >= 4 is 5.91 Å². The van der Waals surface area contributed by atoms with Gasteiger partial charge in [-0.2, -0.15) is 0 Å². The second kappa shape index (κ2) is 6.59. The number of nitrogens with one attached hydrogen (secondary N) is 2. The molecule has 0 aliphatic heterocycles. The number of furan rings is 1. The Hall–Kier alpha value is -1.29. The minimum Gasteiger partial charge on any atom is -0.466 e. The molecule has 1 amide bonds. The summed E-state index contributed by atoms with van der Waals surface area (Å²) in [7, 11) is 1.89. The fourth-order valence-corrected chi connectivity index (χ4v) is 1.72. The maximum atomic E-state index is 11.6. The van der Waals surface area contributed by atoms with E-state index in [4.69, 9.17) is 4.42 Å². The number of amides is 1. The van der Waals surface area contributed by atoms with E-state index in [2.05, 4.69) is 24.5 Å². The average molecular weight is 252 g/mol. The third-order valence-electron chi connectivity index (χ3n) is 2.97. The largest absolute Gasteiger partial charge is 0.466 e. The highest BCUT2D eigenvalue weighted by molar-refractivity contribution is 5.75. The van der Waals surface area contributed by atoms with Gasteiger partial charge >= 0.3 is 0 Å². The van der Waals surface area contributed by atoms with Gasteiger partial charge in [0.15, 0.2) is 0 Å². The summed E-state index contributed by atoms with van der Waals surface area (Å²) in [5, 5.41) is 5.99. The number of hydrogen-bond donors (Lipinski definition) is 2. The number of rotatable bonds is 7. The number of aryl methyl sites for hydroxylation is 1. The monoisotopic (exact) mass is 252 g/mol. The molecule has 1 aromatic heterocycles. The topological polar surface area (TPSA) is 54.3 Å². The van der Waals surface area contributed by atoms with Gasteiger partial charge in [0.25, 0.3) is 0 Å². The lowest BCUT2D eigenvalue weighted by Gasteiger charge is -2.22. The Morgan fingerprint density at radius 1 is 1.39 bits per heavy atom. The lowest BCUT2D eigenvalue weighted by Crippen LogP contribution is -2.36. The molecule has 0 saturated heterocycles. The summed E-state index contributed by atoms with van der Waals surface area (Å²) in [5.74, 6) is 1.91. The fraction of sp³-hybridized carbons (Fsp3) is 0.643. The van der Waals surface area contributed by atoms with Gasteiger partial charge in [0.05, 0.1) is 0 Å². The van der Waals surface area contributed by atoms with Crippen LogP contribution in [0.3, 0.4) is 0 Å². The minimum atomic E-state index is -0.174. The van der Waals surface area contributed by atoms with E-state index < -0.39 is 0 Å². The summed E-state index contributed by atoms with van der Waals surface area (Å²) < 4.78 is 5.62. The molecule has 0 unspecified atom stereocenters. The van der Waals surface area contributed by atoms with E-state index in [0.717, 1.165) is 24.5 Å². The molecule has 0 aliphatic carbocycles. The smallest absolute Gasteiger partial charge is 0.220 e. The Morgan fingerprint density at radius 2 is 2.11 bits per heavy atom. The van der Waals surface area contributed by atoms with E-state index >= 15 is 0 Å². The van der Waals surface area contributed by atoms with Crippen LogP contribution in [-0.4, -0.2) is 26.0 Å². The van der Waals surface area contributed by atoms with Gasteiger partial charge in [0, 0.05) is 18.4 Å². The number of carbonyl (C=O) groups excluding carboxylic acids is 1. The second-order valence-corrected chi connectivity index (χ2v) is 5.28. The van der Waals surface area contributed by atoms with Crippen LogP contribution in [0.25, 0.3) is 0 Å². The molecule has 0 fully saturated rings. The molecule has 0 aliphatic rings. The summed E-state index contributed by atoms with van der Waals surface area (Å²) in [6.45, 7) is 7.53. The molecule has 0 spiro atoms. The Bertz CT molecular complexity index is 383. The molecule has 18 heavy (non-hydrogen) atoms. The molecule has 0 aromatic carbocycles. The van der Waals surface area contributed by atoms with Crippen LogP contribution in [0.1, 0.15) is 38.2 Å². The van der Waals surface area contributed by atoms with Crippen LogP contribution in [0.15, 0.2) is 16.5 Å². The Kier molecular flexibility index (Phi) is 5.41. The SMILES string of the molecule is CNCCCC(=O)NCC(C)(C)c1ccc(C)o1. The second-order valence-electron chi connectivity index (χ2n) is 5.28. The van der Waals surface area contributed by atoms with Crippen molar-refractivity contribution in [2.45, 2.75) is 39.0 Å². The van der Waals surface area contributed by atoms with Gasteiger partial charge in [-0.1, -0.05) is 13.8 Å². The van der Waals surface area contributed by atoms with Crippen LogP contribution in [-0.2, 0) is 10.2 Å². The van der Waals surface area contributed by atoms with Crippen LogP contribution in [0.4, 0.5) is 0 Å². The van der Waals surface area contributed by atoms with E-state index in [-0.39, 0.29) is 11.3 Å². The van der Waals surface area contributed by atoms with E-state index in [1.165, 1.54) is 0 Å². The summed E-state index contributed by atoms with van der Waals surface area (Å²) in [6.07, 6.45) is 1.43. The van der Waals surface area contributed by atoms with E-state index in [1.54, 1.807) is 0 Å². The van der Waals surface area contributed by atoms with Crippen LogP contribution in [0.5, 0.6) is 0 Å². The maximum Gasteiger partial charge on any atom is 0.220 e. The zero-order valence-electron chi connectivity index (χ0n) is 11.8. The normalized spacial score (nSPS) is 11.6. The van der Waals surface area contributed by atoms with Crippen molar-refractivity contribution in [3.63, 3.8) is 0 Å². The molecule has 0 bridgehead atoms. The summed E-state index contributed by atoms with van der Waals surface area (Å²) in [5.41, 5.74) is -0.174. The molecule has 102 valence electrons. The van der Waals surface area contributed by atoms with Gasteiger partial charge in [-0.05, 0) is 39.1 Å². The highest BCUT2D eigenvalue weighted by atomic mass is 16.3. The summed E-state index contributed by atoms with van der Waals surface area (Å²) >= 11 is 0. The number of carbonyl (C=O) groups is 1. The van der Waals surface area contributed by atoms with Crippen LogP contribution in [0.2, 0.25) is 0 Å². The highest BCUT2D eigenvalue weighted by Gasteiger charge is 2.24. The van der Waals surface area contributed by atoms with Crippen molar-refractivity contribution < 1.29 is 9.21 Å². The van der Waals surface area contributed by atoms with Gasteiger partial charge in [-0.25, -0.2) is 0 Å². The zero-order chi connectivity index (χ0) is 13.6. The Morgan fingerprint density at radius 3 is 2.67 bits per heavy atom. The van der Waals surface area contributed by atoms with E-state index in [9.17, 15) is 4.79 Å². The van der Waals surface area contributed by atoms with Crippen molar-refractivity contribution in [3.8, 4) is 0 Å². The molecule has 2 N–H and O–H groups in total. The molecule has 0 atom stereocenters. The van der Waals surface area contributed by atoms with Gasteiger partial charge < -0.3 is 15.1 Å². The summed E-state index contributed by atoms with van der Waals surface area (Å²) in [6, 6.07) is 3.92. The first-order chi connectivity index (χ1) is 8.45. The van der Waals surface area contributed by atoms with Gasteiger partial charge in [-0.3, -0.25) is 4.79 Å². The summed E-state index contributed by atoms with van der Waals surface area (Å²) in [4.78, 5) is 11.6. The molecule has 1 rings (SSSR count). The zero-order valence-corrected chi connectivity index (χ0v) is 11.8. The molecular weight excluding hydrogens is 228 g/mol. The minimum absolute atomic E-state index is 0.0987. The first kappa shape index (κ1) is 14.8. The molecule has 4 heteroatoms. The third-order valence-corrected chi connectivity index (χ3v) is 2.97. The predicted octanol–water partition coefficient (Wildman–Crippen LogP) is 1.98. The Labute approximate surface area is 109 Å². The molecule has 1 heterocycles. The van der Waals surface area contributed by atoms with E-state index in [0.29, 0.717) is 13.0 Å². The van der Waals surface area contributed by atoms with E-state index in [1.807, 2.05) is 26.1 Å². The van der Waals surface area contributed by atoms with Crippen LogP contribution < -0.4 is 10.6 Å². The first-order valence-electron chi connectivity index (χ1n) is 6.44. The van der Waals surface area contributed by atoms with Crippen molar-refractivity contribution in [1.29, 1.82) is 0 Å². The molecule has 0 radical (unpaired) electrons. The van der Waals surface area contributed by atoms with Crippen molar-refractivity contribution in [2.75, 3.05) is 20.1 Å². The Balaban J connectivity index is 2.39. The quantitative estimate of drug-likeness (QED) is 0.730. The average Bonchev–Trinajstić information content (AvgIpc) is 2.75. The predicted molar refractivity (Wildman–Crippen MR) is 72.6 cm³/mol. The van der Waals surface area contributed by atoms with Crippen LogP contribution >= 0.6 is 0 Å². The molecule has 4 nitrogen and oxygen atoms in total. The van der Waals surface area contributed by atoms with Gasteiger partial charge in [0.1, 0.15) is 11.5 Å². The van der Waals surface area contributed by atoms with Crippen molar-refractivity contribution in [1.82, 2.24) is 10.6 Å². The van der Waals surface area contributed by atoms with Crippen molar-refractivity contribution in [3.05, 3.63) is 23.7 Å². The fourth-order valence-electron chi connectivity index (χ4n) is 1.72. The highest BCUT2D eigenvalue weighted by Crippen LogP contribution is 2.24. The number of hydrogen-bond acceptors (Lipinski definition) is 3. The molecule has 0 saturated carbocycles. The third kappa shape index (κ3) is 4.53. The van der Waals surface area contributed by atoms with Crippen molar-refractivity contribution in [2.24, 2.45) is 0 Å². The molecular formula is C14H24N2O2.